The van der Waals surface area contributed by atoms with Crippen LogP contribution in [0.4, 0.5) is 0 Å². The fourth-order valence-electron chi connectivity index (χ4n) is 1.83. The van der Waals surface area contributed by atoms with Crippen LogP contribution >= 0.6 is 0 Å². The third-order valence-corrected chi connectivity index (χ3v) is 2.87. The molecule has 0 aliphatic carbocycles. The molecule has 0 aromatic carbocycles. The Hall–Kier alpha value is -0.610. The average Bonchev–Trinajstić information content (AvgIpc) is 2.33. The van der Waals surface area contributed by atoms with Gasteiger partial charge < -0.3 is 15.5 Å². The third-order valence-electron chi connectivity index (χ3n) is 2.87. The van der Waals surface area contributed by atoms with E-state index >= 15 is 0 Å². The van der Waals surface area contributed by atoms with Crippen LogP contribution in [-0.4, -0.2) is 49.6 Å². The molecule has 0 aliphatic heterocycles. The van der Waals surface area contributed by atoms with Crippen LogP contribution in [-0.2, 0) is 4.79 Å². The van der Waals surface area contributed by atoms with Gasteiger partial charge in [-0.2, -0.15) is 0 Å². The van der Waals surface area contributed by atoms with Crippen LogP contribution in [0.3, 0.4) is 0 Å². The Morgan fingerprint density at radius 3 is 2.44 bits per heavy atom. The molecular formula is C14H31N3O. The minimum atomic E-state index is 0.174. The zero-order valence-electron chi connectivity index (χ0n) is 12.6. The Morgan fingerprint density at radius 2 is 1.89 bits per heavy atom. The van der Waals surface area contributed by atoms with Crippen LogP contribution in [0.5, 0.6) is 0 Å². The van der Waals surface area contributed by atoms with E-state index in [1.807, 2.05) is 0 Å². The highest BCUT2D eigenvalue weighted by Crippen LogP contribution is 1.91. The molecule has 4 heteroatoms. The number of hydrogen-bond donors (Lipinski definition) is 2. The number of carbonyl (C=O) groups excluding carboxylic acids is 1. The van der Waals surface area contributed by atoms with Crippen LogP contribution < -0.4 is 10.6 Å². The van der Waals surface area contributed by atoms with E-state index in [0.717, 1.165) is 39.1 Å². The number of nitrogens with zero attached hydrogens (tertiary/aromatic N) is 1. The molecule has 0 fully saturated rings. The predicted molar refractivity (Wildman–Crippen MR) is 77.8 cm³/mol. The lowest BCUT2D eigenvalue weighted by molar-refractivity contribution is -0.121. The van der Waals surface area contributed by atoms with Crippen LogP contribution in [0.25, 0.3) is 0 Å². The summed E-state index contributed by atoms with van der Waals surface area (Å²) in [6.07, 6.45) is 2.71. The summed E-state index contributed by atoms with van der Waals surface area (Å²) in [6.45, 7) is 13.4. The van der Waals surface area contributed by atoms with Gasteiger partial charge in [0.1, 0.15) is 0 Å². The average molecular weight is 257 g/mol. The normalized spacial score (nSPS) is 11.2. The number of amides is 1. The summed E-state index contributed by atoms with van der Waals surface area (Å²) in [4.78, 5) is 13.9. The van der Waals surface area contributed by atoms with E-state index in [4.69, 9.17) is 0 Å². The minimum Gasteiger partial charge on any atom is -0.355 e. The lowest BCUT2D eigenvalue weighted by atomic mass is 10.2. The molecule has 1 amide bonds. The van der Waals surface area contributed by atoms with E-state index in [1.165, 1.54) is 6.42 Å². The molecule has 0 radical (unpaired) electrons. The molecular weight excluding hydrogens is 226 g/mol. The van der Waals surface area contributed by atoms with Gasteiger partial charge in [0.25, 0.3) is 0 Å². The second-order valence-corrected chi connectivity index (χ2v) is 5.00. The van der Waals surface area contributed by atoms with Crippen molar-refractivity contribution >= 4 is 5.91 Å². The maximum atomic E-state index is 11.6. The fourth-order valence-corrected chi connectivity index (χ4v) is 1.83. The van der Waals surface area contributed by atoms with Gasteiger partial charge in [0.05, 0.1) is 0 Å². The molecule has 0 aliphatic rings. The second kappa shape index (κ2) is 11.5. The molecule has 0 saturated heterocycles. The molecule has 0 heterocycles. The lowest BCUT2D eigenvalue weighted by Crippen LogP contribution is -2.35. The quantitative estimate of drug-likeness (QED) is 0.553. The summed E-state index contributed by atoms with van der Waals surface area (Å²) in [5.74, 6) is 0.174. The van der Waals surface area contributed by atoms with Crippen LogP contribution in [0.2, 0.25) is 0 Å². The molecule has 0 rings (SSSR count). The first-order valence-electron chi connectivity index (χ1n) is 7.32. The fraction of sp³-hybridized carbons (Fsp3) is 0.929. The monoisotopic (exact) mass is 257 g/mol. The van der Waals surface area contributed by atoms with E-state index in [0.29, 0.717) is 12.5 Å². The largest absolute Gasteiger partial charge is 0.355 e. The van der Waals surface area contributed by atoms with Crippen molar-refractivity contribution in [1.82, 2.24) is 15.5 Å². The maximum Gasteiger partial charge on any atom is 0.220 e. The zero-order chi connectivity index (χ0) is 13.8. The number of likely N-dealkylation sites (N-methyl/N-ethyl adjacent to an activating group) is 1. The molecule has 0 unspecified atom stereocenters. The Bertz CT molecular complexity index is 207. The molecule has 18 heavy (non-hydrogen) atoms. The number of nitrogens with one attached hydrogen (secondary N) is 2. The van der Waals surface area contributed by atoms with Crippen molar-refractivity contribution in [2.24, 2.45) is 0 Å². The van der Waals surface area contributed by atoms with E-state index < -0.39 is 0 Å². The Labute approximate surface area is 113 Å². The maximum absolute atomic E-state index is 11.6. The summed E-state index contributed by atoms with van der Waals surface area (Å²) < 4.78 is 0. The van der Waals surface area contributed by atoms with Gasteiger partial charge in [-0.15, -0.1) is 0 Å². The van der Waals surface area contributed by atoms with Crippen molar-refractivity contribution in [2.75, 3.05) is 32.7 Å². The smallest absolute Gasteiger partial charge is 0.220 e. The van der Waals surface area contributed by atoms with Crippen molar-refractivity contribution in [3.63, 3.8) is 0 Å². The molecule has 0 spiro atoms. The van der Waals surface area contributed by atoms with Gasteiger partial charge >= 0.3 is 0 Å². The second-order valence-electron chi connectivity index (χ2n) is 5.00. The molecule has 4 nitrogen and oxygen atoms in total. The van der Waals surface area contributed by atoms with Crippen molar-refractivity contribution in [3.05, 3.63) is 0 Å². The Kier molecular flexibility index (Phi) is 11.1. The highest BCUT2D eigenvalue weighted by Gasteiger charge is 2.03. The molecule has 0 aromatic heterocycles. The third kappa shape index (κ3) is 10.5. The van der Waals surface area contributed by atoms with Gasteiger partial charge in [0.15, 0.2) is 0 Å². The summed E-state index contributed by atoms with van der Waals surface area (Å²) in [7, 11) is 0. The predicted octanol–water partition coefficient (Wildman–Crippen LogP) is 1.61. The summed E-state index contributed by atoms with van der Waals surface area (Å²) in [5, 5.41) is 6.30. The number of rotatable bonds is 11. The van der Waals surface area contributed by atoms with Gasteiger partial charge in [-0.1, -0.05) is 27.7 Å². The van der Waals surface area contributed by atoms with Gasteiger partial charge in [-0.25, -0.2) is 0 Å². The standard InChI is InChI=1S/C14H31N3O/c1-5-11-17(6-2)12-10-16-14(18)8-7-9-15-13(3)4/h13,15H,5-12H2,1-4H3,(H,16,18). The van der Waals surface area contributed by atoms with E-state index in [-0.39, 0.29) is 5.91 Å². The number of hydrogen-bond acceptors (Lipinski definition) is 3. The van der Waals surface area contributed by atoms with E-state index in [1.54, 1.807) is 0 Å². The summed E-state index contributed by atoms with van der Waals surface area (Å²) in [5.41, 5.74) is 0. The van der Waals surface area contributed by atoms with Gasteiger partial charge in [-0.05, 0) is 32.5 Å². The Balaban J connectivity index is 3.46. The first-order valence-corrected chi connectivity index (χ1v) is 7.32. The van der Waals surface area contributed by atoms with Crippen molar-refractivity contribution in [2.45, 2.75) is 53.0 Å². The number of carbonyl (C=O) groups is 1. The van der Waals surface area contributed by atoms with Crippen LogP contribution in [0, 0.1) is 0 Å². The summed E-state index contributed by atoms with van der Waals surface area (Å²) in [6, 6.07) is 0.500. The summed E-state index contributed by atoms with van der Waals surface area (Å²) >= 11 is 0. The molecule has 0 aromatic rings. The first kappa shape index (κ1) is 17.4. The first-order chi connectivity index (χ1) is 8.60. The lowest BCUT2D eigenvalue weighted by Gasteiger charge is -2.19. The molecule has 2 N–H and O–H groups in total. The minimum absolute atomic E-state index is 0.174. The van der Waals surface area contributed by atoms with E-state index in [9.17, 15) is 4.79 Å². The Morgan fingerprint density at radius 1 is 1.17 bits per heavy atom. The topological polar surface area (TPSA) is 44.4 Å². The highest BCUT2D eigenvalue weighted by molar-refractivity contribution is 5.75. The van der Waals surface area contributed by atoms with Crippen molar-refractivity contribution in [3.8, 4) is 0 Å². The van der Waals surface area contributed by atoms with E-state index in [2.05, 4.69) is 43.2 Å². The van der Waals surface area contributed by atoms with Gasteiger partial charge in [0, 0.05) is 25.6 Å². The molecule has 0 atom stereocenters. The van der Waals surface area contributed by atoms with Crippen molar-refractivity contribution in [1.29, 1.82) is 0 Å². The van der Waals surface area contributed by atoms with Gasteiger partial charge in [-0.3, -0.25) is 4.79 Å². The SMILES string of the molecule is CCCN(CC)CCNC(=O)CCCNC(C)C. The van der Waals surface area contributed by atoms with Gasteiger partial charge in [0.2, 0.25) is 5.91 Å². The molecule has 0 bridgehead atoms. The molecule has 108 valence electrons. The van der Waals surface area contributed by atoms with Crippen molar-refractivity contribution < 1.29 is 4.79 Å². The van der Waals surface area contributed by atoms with Crippen LogP contribution in [0.15, 0.2) is 0 Å². The highest BCUT2D eigenvalue weighted by atomic mass is 16.1. The van der Waals surface area contributed by atoms with Crippen LogP contribution in [0.1, 0.15) is 47.0 Å². The molecule has 0 saturated carbocycles. The zero-order valence-corrected chi connectivity index (χ0v) is 12.6.